The van der Waals surface area contributed by atoms with E-state index in [0.717, 1.165) is 27.0 Å². The van der Waals surface area contributed by atoms with E-state index in [9.17, 15) is 0 Å². The van der Waals surface area contributed by atoms with Gasteiger partial charge >= 0.3 is 0 Å². The summed E-state index contributed by atoms with van der Waals surface area (Å²) in [6.45, 7) is 2.99. The van der Waals surface area contributed by atoms with Crippen LogP contribution in [0.4, 0.5) is 0 Å². The topological polar surface area (TPSA) is 37.9 Å². The lowest BCUT2D eigenvalue weighted by molar-refractivity contribution is 0.102. The Labute approximate surface area is 155 Å². The summed E-state index contributed by atoms with van der Waals surface area (Å²) >= 11 is 13.6. The summed E-state index contributed by atoms with van der Waals surface area (Å²) in [5.41, 5.74) is 2.14. The minimum absolute atomic E-state index is 0.437. The molecule has 3 rings (SSSR count). The van der Waals surface area contributed by atoms with Crippen LogP contribution in [0, 0.1) is 6.92 Å². The van der Waals surface area contributed by atoms with Crippen molar-refractivity contribution in [1.29, 1.82) is 0 Å². The Bertz CT molecular complexity index is 801. The van der Waals surface area contributed by atoms with Gasteiger partial charge in [0.25, 0.3) is 0 Å². The number of hydrogen-bond acceptors (Lipinski definition) is 3. The fourth-order valence-electron chi connectivity index (χ4n) is 2.21. The molecule has 0 fully saturated rings. The highest BCUT2D eigenvalue weighted by molar-refractivity contribution is 7.99. The number of ether oxygens (including phenoxy) is 1. The average molecular weight is 379 g/mol. The van der Waals surface area contributed by atoms with E-state index in [2.05, 4.69) is 9.97 Å². The molecule has 0 aliphatic carbocycles. The van der Waals surface area contributed by atoms with Gasteiger partial charge in [0.05, 0.1) is 6.61 Å². The lowest BCUT2D eigenvalue weighted by atomic mass is 10.2. The van der Waals surface area contributed by atoms with Crippen molar-refractivity contribution in [1.82, 2.24) is 9.97 Å². The molecule has 0 bridgehead atoms. The summed E-state index contributed by atoms with van der Waals surface area (Å²) < 4.78 is 5.72. The highest BCUT2D eigenvalue weighted by Gasteiger charge is 2.10. The van der Waals surface area contributed by atoms with Crippen molar-refractivity contribution in [2.24, 2.45) is 0 Å². The van der Waals surface area contributed by atoms with E-state index in [4.69, 9.17) is 27.9 Å². The minimum Gasteiger partial charge on any atom is -0.369 e. The third kappa shape index (κ3) is 4.77. The van der Waals surface area contributed by atoms with Crippen LogP contribution in [-0.2, 0) is 18.0 Å². The Morgan fingerprint density at radius 2 is 1.75 bits per heavy atom. The van der Waals surface area contributed by atoms with Crippen molar-refractivity contribution in [2.45, 2.75) is 30.1 Å². The van der Waals surface area contributed by atoms with E-state index in [-0.39, 0.29) is 0 Å². The number of aryl methyl sites for hydroxylation is 1. The lowest BCUT2D eigenvalue weighted by Gasteiger charge is -2.02. The number of H-pyrrole nitrogens is 1. The predicted molar refractivity (Wildman–Crippen MR) is 98.8 cm³/mol. The van der Waals surface area contributed by atoms with E-state index in [1.165, 1.54) is 11.8 Å². The SMILES string of the molecule is Cc1[nH]c(COCc2ccccc2)nc1Sc1cc(Cl)cc(Cl)c1. The molecule has 1 aromatic heterocycles. The Hall–Kier alpha value is -1.46. The number of halogens is 2. The first-order valence-electron chi connectivity index (χ1n) is 7.41. The van der Waals surface area contributed by atoms with Crippen LogP contribution >= 0.6 is 35.0 Å². The van der Waals surface area contributed by atoms with Crippen LogP contribution in [0.2, 0.25) is 10.0 Å². The fourth-order valence-corrected chi connectivity index (χ4v) is 3.82. The zero-order chi connectivity index (χ0) is 16.9. The zero-order valence-corrected chi connectivity index (χ0v) is 15.4. The van der Waals surface area contributed by atoms with Crippen LogP contribution in [0.3, 0.4) is 0 Å². The predicted octanol–water partition coefficient (Wildman–Crippen LogP) is 5.89. The number of hydrogen-bond donors (Lipinski definition) is 1. The quantitative estimate of drug-likeness (QED) is 0.580. The molecule has 0 spiro atoms. The van der Waals surface area contributed by atoms with Gasteiger partial charge in [-0.2, -0.15) is 0 Å². The van der Waals surface area contributed by atoms with Gasteiger partial charge in [-0.15, -0.1) is 0 Å². The van der Waals surface area contributed by atoms with Gasteiger partial charge in [0.15, 0.2) is 0 Å². The normalized spacial score (nSPS) is 11.0. The van der Waals surface area contributed by atoms with Gasteiger partial charge in [-0.05, 0) is 30.7 Å². The Morgan fingerprint density at radius 3 is 2.46 bits per heavy atom. The molecule has 3 nitrogen and oxygen atoms in total. The van der Waals surface area contributed by atoms with E-state index in [1.54, 1.807) is 6.07 Å². The molecule has 124 valence electrons. The second kappa shape index (κ2) is 8.08. The minimum atomic E-state index is 0.437. The molecule has 0 radical (unpaired) electrons. The zero-order valence-electron chi connectivity index (χ0n) is 13.1. The van der Waals surface area contributed by atoms with Gasteiger partial charge in [0, 0.05) is 20.6 Å². The molecule has 0 saturated carbocycles. The van der Waals surface area contributed by atoms with Gasteiger partial charge in [-0.1, -0.05) is 65.3 Å². The molecule has 6 heteroatoms. The lowest BCUT2D eigenvalue weighted by Crippen LogP contribution is -1.95. The van der Waals surface area contributed by atoms with Crippen LogP contribution in [0.25, 0.3) is 0 Å². The third-order valence-electron chi connectivity index (χ3n) is 3.29. The first-order valence-corrected chi connectivity index (χ1v) is 8.98. The van der Waals surface area contributed by atoms with Crippen LogP contribution in [0.1, 0.15) is 17.1 Å². The summed E-state index contributed by atoms with van der Waals surface area (Å²) in [5, 5.41) is 2.13. The Kier molecular flexibility index (Phi) is 5.85. The van der Waals surface area contributed by atoms with Crippen molar-refractivity contribution < 1.29 is 4.74 Å². The van der Waals surface area contributed by atoms with Crippen LogP contribution in [0.5, 0.6) is 0 Å². The van der Waals surface area contributed by atoms with Crippen molar-refractivity contribution in [3.05, 3.63) is 75.7 Å². The molecule has 1 heterocycles. The van der Waals surface area contributed by atoms with Gasteiger partial charge in [0.1, 0.15) is 17.5 Å². The standard InChI is InChI=1S/C18H16Cl2N2OS/c1-12-18(24-16-8-14(19)7-15(20)9-16)22-17(21-12)11-23-10-13-5-3-2-4-6-13/h2-9H,10-11H2,1H3,(H,21,22). The molecule has 3 aromatic rings. The molecule has 0 aliphatic rings. The third-order valence-corrected chi connectivity index (χ3v) is 4.79. The summed E-state index contributed by atoms with van der Waals surface area (Å²) in [6.07, 6.45) is 0. The fraction of sp³-hybridized carbons (Fsp3) is 0.167. The summed E-state index contributed by atoms with van der Waals surface area (Å²) in [6, 6.07) is 15.5. The highest BCUT2D eigenvalue weighted by atomic mass is 35.5. The van der Waals surface area contributed by atoms with Crippen molar-refractivity contribution in [2.75, 3.05) is 0 Å². The number of nitrogens with one attached hydrogen (secondary N) is 1. The van der Waals surface area contributed by atoms with E-state index in [0.29, 0.717) is 23.3 Å². The smallest absolute Gasteiger partial charge is 0.133 e. The maximum absolute atomic E-state index is 6.04. The van der Waals surface area contributed by atoms with Crippen LogP contribution in [0.15, 0.2) is 58.5 Å². The Morgan fingerprint density at radius 1 is 1.04 bits per heavy atom. The van der Waals surface area contributed by atoms with Crippen molar-refractivity contribution >= 4 is 35.0 Å². The molecule has 2 aromatic carbocycles. The highest BCUT2D eigenvalue weighted by Crippen LogP contribution is 2.32. The van der Waals surface area contributed by atoms with Gasteiger partial charge in [-0.3, -0.25) is 0 Å². The number of imidazole rings is 1. The average Bonchev–Trinajstić information content (AvgIpc) is 2.87. The van der Waals surface area contributed by atoms with Gasteiger partial charge in [-0.25, -0.2) is 4.98 Å². The van der Waals surface area contributed by atoms with E-state index < -0.39 is 0 Å². The molecule has 0 unspecified atom stereocenters. The van der Waals surface area contributed by atoms with Crippen molar-refractivity contribution in [3.8, 4) is 0 Å². The summed E-state index contributed by atoms with van der Waals surface area (Å²) in [5.74, 6) is 0.805. The molecule has 0 saturated heterocycles. The molecule has 0 atom stereocenters. The summed E-state index contributed by atoms with van der Waals surface area (Å²) in [4.78, 5) is 8.81. The van der Waals surface area contributed by atoms with E-state index in [1.807, 2.05) is 49.4 Å². The molecule has 1 N–H and O–H groups in total. The second-order valence-electron chi connectivity index (χ2n) is 5.30. The maximum atomic E-state index is 6.04. The number of aromatic nitrogens is 2. The first kappa shape index (κ1) is 17.4. The largest absolute Gasteiger partial charge is 0.369 e. The van der Waals surface area contributed by atoms with Gasteiger partial charge < -0.3 is 9.72 Å². The number of benzene rings is 2. The second-order valence-corrected chi connectivity index (χ2v) is 7.23. The van der Waals surface area contributed by atoms with Crippen LogP contribution < -0.4 is 0 Å². The molecular weight excluding hydrogens is 363 g/mol. The molecule has 24 heavy (non-hydrogen) atoms. The summed E-state index contributed by atoms with van der Waals surface area (Å²) in [7, 11) is 0. The first-order chi connectivity index (χ1) is 11.6. The monoisotopic (exact) mass is 378 g/mol. The van der Waals surface area contributed by atoms with E-state index >= 15 is 0 Å². The van der Waals surface area contributed by atoms with Gasteiger partial charge in [0.2, 0.25) is 0 Å². The Balaban J connectivity index is 1.62. The number of nitrogens with zero attached hydrogens (tertiary/aromatic N) is 1. The maximum Gasteiger partial charge on any atom is 0.133 e. The number of rotatable bonds is 6. The number of aromatic amines is 1. The molecule has 0 aliphatic heterocycles. The van der Waals surface area contributed by atoms with Crippen molar-refractivity contribution in [3.63, 3.8) is 0 Å². The van der Waals surface area contributed by atoms with Crippen LogP contribution in [-0.4, -0.2) is 9.97 Å². The molecule has 0 amide bonds. The molecular formula is C18H16Cl2N2OS.